The number of benzene rings is 1. The minimum atomic E-state index is 0.234. The first-order valence-corrected chi connectivity index (χ1v) is 8.39. The molecule has 0 unspecified atom stereocenters. The summed E-state index contributed by atoms with van der Waals surface area (Å²) < 4.78 is 1.28. The van der Waals surface area contributed by atoms with Crippen molar-refractivity contribution in [3.63, 3.8) is 0 Å². The molecule has 0 aromatic heterocycles. The second-order valence-corrected chi connectivity index (χ2v) is 8.29. The lowest BCUT2D eigenvalue weighted by molar-refractivity contribution is 0.0962. The number of hydrogen-bond donors (Lipinski definition) is 0. The summed E-state index contributed by atoms with van der Waals surface area (Å²) in [6, 6.07) is 7.65. The number of rotatable bonds is 4. The van der Waals surface area contributed by atoms with E-state index in [4.69, 9.17) is 0 Å². The number of halogens is 1. The van der Waals surface area contributed by atoms with E-state index in [1.165, 1.54) is 0 Å². The Morgan fingerprint density at radius 2 is 2.26 bits per heavy atom. The number of thioether (sulfide) groups is 1. The number of carbonyl (C=O) groups is 1. The smallest absolute Gasteiger partial charge is 0.164 e. The van der Waals surface area contributed by atoms with Crippen LogP contribution in [0.3, 0.4) is 0 Å². The van der Waals surface area contributed by atoms with E-state index >= 15 is 0 Å². The Morgan fingerprint density at radius 3 is 2.95 bits per heavy atom. The van der Waals surface area contributed by atoms with E-state index in [-0.39, 0.29) is 5.78 Å². The van der Waals surface area contributed by atoms with Crippen LogP contribution in [-0.4, -0.2) is 40.8 Å². The van der Waals surface area contributed by atoms with Gasteiger partial charge in [-0.25, -0.2) is 0 Å². The SMILES string of the molecule is CC1(C)CN(CCC(=O)c2cccc(Br)c2)CCS1. The number of ketones is 1. The van der Waals surface area contributed by atoms with Gasteiger partial charge in [-0.3, -0.25) is 4.79 Å². The minimum Gasteiger partial charge on any atom is -0.301 e. The summed E-state index contributed by atoms with van der Waals surface area (Å²) in [6.45, 7) is 7.60. The summed E-state index contributed by atoms with van der Waals surface area (Å²) in [5.41, 5.74) is 0.806. The maximum absolute atomic E-state index is 12.1. The average Bonchev–Trinajstić information content (AvgIpc) is 2.35. The Morgan fingerprint density at radius 1 is 1.47 bits per heavy atom. The second kappa shape index (κ2) is 6.42. The summed E-state index contributed by atoms with van der Waals surface area (Å²) in [7, 11) is 0. The Hall–Kier alpha value is -0.320. The Kier molecular flexibility index (Phi) is 5.09. The molecule has 1 aromatic rings. The van der Waals surface area contributed by atoms with Crippen LogP contribution in [0.1, 0.15) is 30.6 Å². The van der Waals surface area contributed by atoms with Crippen molar-refractivity contribution >= 4 is 33.5 Å². The number of carbonyl (C=O) groups excluding carboxylic acids is 1. The largest absolute Gasteiger partial charge is 0.301 e. The molecule has 0 amide bonds. The molecule has 0 spiro atoms. The van der Waals surface area contributed by atoms with Crippen molar-refractivity contribution in [1.29, 1.82) is 0 Å². The van der Waals surface area contributed by atoms with Crippen molar-refractivity contribution in [3.8, 4) is 0 Å². The van der Waals surface area contributed by atoms with Crippen LogP contribution in [0.5, 0.6) is 0 Å². The second-order valence-electron chi connectivity index (χ2n) is 5.57. The van der Waals surface area contributed by atoms with Crippen LogP contribution in [0, 0.1) is 0 Å². The molecule has 1 aliphatic heterocycles. The van der Waals surface area contributed by atoms with Gasteiger partial charge in [0.05, 0.1) is 0 Å². The zero-order valence-electron chi connectivity index (χ0n) is 11.5. The molecule has 4 heteroatoms. The first-order chi connectivity index (χ1) is 8.96. The van der Waals surface area contributed by atoms with Crippen LogP contribution < -0.4 is 0 Å². The van der Waals surface area contributed by atoms with Gasteiger partial charge in [-0.05, 0) is 26.0 Å². The molecule has 1 saturated heterocycles. The Bertz CT molecular complexity index is 461. The van der Waals surface area contributed by atoms with Crippen molar-refractivity contribution in [2.45, 2.75) is 25.0 Å². The van der Waals surface area contributed by atoms with Gasteiger partial charge >= 0.3 is 0 Å². The van der Waals surface area contributed by atoms with E-state index in [1.807, 2.05) is 36.0 Å². The summed E-state index contributed by atoms with van der Waals surface area (Å²) >= 11 is 5.43. The highest BCUT2D eigenvalue weighted by molar-refractivity contribution is 9.10. The van der Waals surface area contributed by atoms with Gasteiger partial charge in [0, 0.05) is 46.6 Å². The zero-order valence-corrected chi connectivity index (χ0v) is 13.9. The molecule has 2 rings (SSSR count). The predicted molar refractivity (Wildman–Crippen MR) is 86.1 cm³/mol. The highest BCUT2D eigenvalue weighted by Crippen LogP contribution is 2.29. The fourth-order valence-electron chi connectivity index (χ4n) is 2.37. The normalized spacial score (nSPS) is 19.3. The summed E-state index contributed by atoms with van der Waals surface area (Å²) in [5.74, 6) is 1.40. The quantitative estimate of drug-likeness (QED) is 0.776. The Balaban J connectivity index is 1.87. The monoisotopic (exact) mass is 341 g/mol. The third-order valence-electron chi connectivity index (χ3n) is 3.31. The van der Waals surface area contributed by atoms with E-state index in [0.29, 0.717) is 11.2 Å². The van der Waals surface area contributed by atoms with Gasteiger partial charge < -0.3 is 4.90 Å². The van der Waals surface area contributed by atoms with Crippen LogP contribution >= 0.6 is 27.7 Å². The number of hydrogen-bond acceptors (Lipinski definition) is 3. The summed E-state index contributed by atoms with van der Waals surface area (Å²) in [6.07, 6.45) is 0.608. The topological polar surface area (TPSA) is 20.3 Å². The maximum Gasteiger partial charge on any atom is 0.164 e. The molecule has 0 N–H and O–H groups in total. The van der Waals surface area contributed by atoms with E-state index in [1.54, 1.807) is 0 Å². The van der Waals surface area contributed by atoms with Crippen LogP contribution in [0.25, 0.3) is 0 Å². The molecule has 1 fully saturated rings. The van der Waals surface area contributed by atoms with Crippen LogP contribution in [0.2, 0.25) is 0 Å². The van der Waals surface area contributed by atoms with Gasteiger partial charge in [0.1, 0.15) is 0 Å². The van der Waals surface area contributed by atoms with Crippen molar-refractivity contribution in [1.82, 2.24) is 4.90 Å². The van der Waals surface area contributed by atoms with Crippen molar-refractivity contribution in [2.75, 3.05) is 25.4 Å². The van der Waals surface area contributed by atoms with Crippen LogP contribution in [0.15, 0.2) is 28.7 Å². The molecule has 0 saturated carbocycles. The van der Waals surface area contributed by atoms with Crippen LogP contribution in [-0.2, 0) is 0 Å². The van der Waals surface area contributed by atoms with E-state index in [0.717, 1.165) is 35.4 Å². The fraction of sp³-hybridized carbons (Fsp3) is 0.533. The standard InChI is InChI=1S/C15H20BrNOS/c1-15(2)11-17(8-9-19-15)7-6-14(18)12-4-3-5-13(16)10-12/h3-5,10H,6-9,11H2,1-2H3. The maximum atomic E-state index is 12.1. The van der Waals surface area contributed by atoms with E-state index in [2.05, 4.69) is 34.7 Å². The van der Waals surface area contributed by atoms with Gasteiger partial charge in [0.15, 0.2) is 5.78 Å². The molecule has 1 aromatic carbocycles. The van der Waals surface area contributed by atoms with Gasteiger partial charge in [-0.2, -0.15) is 11.8 Å². The molecule has 1 heterocycles. The molecule has 0 aliphatic carbocycles. The van der Waals surface area contributed by atoms with Crippen molar-refractivity contribution in [2.24, 2.45) is 0 Å². The number of Topliss-reactive ketones (excluding diaryl/α,β-unsaturated/α-hetero) is 1. The zero-order chi connectivity index (χ0) is 13.9. The van der Waals surface area contributed by atoms with Gasteiger partial charge in [-0.1, -0.05) is 28.1 Å². The van der Waals surface area contributed by atoms with Crippen molar-refractivity contribution in [3.05, 3.63) is 34.3 Å². The summed E-state index contributed by atoms with van der Waals surface area (Å²) in [4.78, 5) is 14.6. The molecular formula is C15H20BrNOS. The van der Waals surface area contributed by atoms with E-state index in [9.17, 15) is 4.79 Å². The molecule has 0 atom stereocenters. The molecule has 0 bridgehead atoms. The van der Waals surface area contributed by atoms with Gasteiger partial charge in [0.25, 0.3) is 0 Å². The van der Waals surface area contributed by atoms with E-state index < -0.39 is 0 Å². The van der Waals surface area contributed by atoms with Gasteiger partial charge in [0.2, 0.25) is 0 Å². The lowest BCUT2D eigenvalue weighted by Crippen LogP contribution is -2.43. The molecule has 1 aliphatic rings. The minimum absolute atomic E-state index is 0.234. The molecule has 104 valence electrons. The third-order valence-corrected chi connectivity index (χ3v) is 5.10. The fourth-order valence-corrected chi connectivity index (χ4v) is 3.95. The summed E-state index contributed by atoms with van der Waals surface area (Å²) in [5, 5.41) is 0. The highest BCUT2D eigenvalue weighted by atomic mass is 79.9. The third kappa shape index (κ3) is 4.62. The molecule has 0 radical (unpaired) electrons. The van der Waals surface area contributed by atoms with Crippen LogP contribution in [0.4, 0.5) is 0 Å². The molecular weight excluding hydrogens is 322 g/mol. The first kappa shape index (κ1) is 15.1. The molecule has 19 heavy (non-hydrogen) atoms. The Labute approximate surface area is 128 Å². The van der Waals surface area contributed by atoms with Gasteiger partial charge in [-0.15, -0.1) is 0 Å². The predicted octanol–water partition coefficient (Wildman–Crippen LogP) is 3.85. The first-order valence-electron chi connectivity index (χ1n) is 6.61. The highest BCUT2D eigenvalue weighted by Gasteiger charge is 2.26. The lowest BCUT2D eigenvalue weighted by Gasteiger charge is -2.37. The van der Waals surface area contributed by atoms with Crippen molar-refractivity contribution < 1.29 is 4.79 Å². The number of nitrogens with zero attached hydrogens (tertiary/aromatic N) is 1. The molecule has 2 nitrogen and oxygen atoms in total. The average molecular weight is 342 g/mol. The lowest BCUT2D eigenvalue weighted by atomic mass is 10.1.